The molecule has 0 radical (unpaired) electrons. The maximum absolute atomic E-state index is 11.7. The Kier molecular flexibility index (Phi) is 11.0. The number of hydrogen-bond acceptors (Lipinski definition) is 8. The summed E-state index contributed by atoms with van der Waals surface area (Å²) in [4.78, 5) is 23.3. The molecule has 0 aliphatic heterocycles. The number of ether oxygens (including phenoxy) is 4. The van der Waals surface area contributed by atoms with Crippen LogP contribution in [0.5, 0.6) is 11.5 Å². The second-order valence-electron chi connectivity index (χ2n) is 9.94. The fourth-order valence-electron chi connectivity index (χ4n) is 2.71. The molecule has 0 amide bonds. The molecular weight excluding hydrogens is 416 g/mol. The van der Waals surface area contributed by atoms with E-state index < -0.39 is 29.7 Å². The van der Waals surface area contributed by atoms with Gasteiger partial charge in [0.05, 0.1) is 18.9 Å². The summed E-state index contributed by atoms with van der Waals surface area (Å²) in [6, 6.07) is 6.85. The van der Waals surface area contributed by atoms with Crippen molar-refractivity contribution >= 4 is 11.9 Å². The molecule has 0 fully saturated rings. The fraction of sp³-hybridized carbons (Fsp3) is 0.667. The second kappa shape index (κ2) is 12.6. The Morgan fingerprint density at radius 2 is 1.38 bits per heavy atom. The van der Waals surface area contributed by atoms with Crippen LogP contribution in [0.1, 0.15) is 60.8 Å². The standard InChI is InChI=1S/C24H38O8/c1-23(2,3)13-17(25)14-29-19-8-7-9-20(12-19)30-15-18(26)16-31-21(27)10-11-22(28)32-24(4,5)6/h7-9,12,17-18,25-26H,10-11,13-16H2,1-6H3. The van der Waals surface area contributed by atoms with Crippen LogP contribution in [0.3, 0.4) is 0 Å². The number of aliphatic hydroxyl groups is 2. The van der Waals surface area contributed by atoms with Crippen LogP contribution in [0, 0.1) is 5.41 Å². The number of carbonyl (C=O) groups excluding carboxylic acids is 2. The van der Waals surface area contributed by atoms with Crippen LogP contribution in [0.15, 0.2) is 24.3 Å². The zero-order chi connectivity index (χ0) is 24.4. The van der Waals surface area contributed by atoms with Crippen molar-refractivity contribution in [3.05, 3.63) is 24.3 Å². The number of aliphatic hydroxyl groups excluding tert-OH is 2. The molecule has 2 atom stereocenters. The minimum atomic E-state index is -1.03. The smallest absolute Gasteiger partial charge is 0.306 e. The molecule has 0 saturated carbocycles. The van der Waals surface area contributed by atoms with Gasteiger partial charge in [0, 0.05) is 6.07 Å². The zero-order valence-corrected chi connectivity index (χ0v) is 20.1. The summed E-state index contributed by atoms with van der Waals surface area (Å²) in [6.07, 6.45) is -1.19. The van der Waals surface area contributed by atoms with Gasteiger partial charge in [-0.2, -0.15) is 0 Å². The summed E-state index contributed by atoms with van der Waals surface area (Å²) in [5.74, 6) is -0.0629. The molecule has 8 nitrogen and oxygen atoms in total. The van der Waals surface area contributed by atoms with Crippen LogP contribution in [0.25, 0.3) is 0 Å². The molecule has 0 bridgehead atoms. The number of esters is 2. The Morgan fingerprint density at radius 1 is 0.844 bits per heavy atom. The quantitative estimate of drug-likeness (QED) is 0.463. The average Bonchev–Trinajstić information content (AvgIpc) is 2.65. The van der Waals surface area contributed by atoms with E-state index in [1.807, 2.05) is 20.8 Å². The molecule has 0 spiro atoms. The predicted octanol–water partition coefficient (Wildman–Crippen LogP) is 3.27. The molecule has 0 saturated heterocycles. The Morgan fingerprint density at radius 3 is 1.91 bits per heavy atom. The summed E-state index contributed by atoms with van der Waals surface area (Å²) >= 11 is 0. The van der Waals surface area contributed by atoms with Crippen molar-refractivity contribution in [2.24, 2.45) is 5.41 Å². The molecule has 2 N–H and O–H groups in total. The lowest BCUT2D eigenvalue weighted by atomic mass is 9.89. The van der Waals surface area contributed by atoms with Crippen LogP contribution in [-0.2, 0) is 19.1 Å². The Hall–Kier alpha value is -2.32. The van der Waals surface area contributed by atoms with Crippen LogP contribution in [-0.4, -0.2) is 59.8 Å². The molecule has 8 heteroatoms. The van der Waals surface area contributed by atoms with Gasteiger partial charge in [0.25, 0.3) is 0 Å². The Bertz CT molecular complexity index is 717. The van der Waals surface area contributed by atoms with Crippen molar-refractivity contribution in [2.75, 3.05) is 19.8 Å². The zero-order valence-electron chi connectivity index (χ0n) is 20.1. The van der Waals surface area contributed by atoms with Crippen LogP contribution in [0.2, 0.25) is 0 Å². The highest BCUT2D eigenvalue weighted by atomic mass is 16.6. The third kappa shape index (κ3) is 13.9. The number of hydrogen-bond donors (Lipinski definition) is 2. The highest BCUT2D eigenvalue weighted by molar-refractivity contribution is 5.77. The lowest BCUT2D eigenvalue weighted by molar-refractivity contribution is -0.158. The monoisotopic (exact) mass is 454 g/mol. The van der Waals surface area contributed by atoms with E-state index in [1.54, 1.807) is 45.0 Å². The SMILES string of the molecule is CC(C)(C)CC(O)COc1cccc(OCC(O)COC(=O)CCC(=O)OC(C)(C)C)c1. The predicted molar refractivity (Wildman–Crippen MR) is 120 cm³/mol. The van der Waals surface area contributed by atoms with Crippen molar-refractivity contribution in [3.63, 3.8) is 0 Å². The molecule has 0 aliphatic carbocycles. The first-order chi connectivity index (χ1) is 14.7. The first-order valence-electron chi connectivity index (χ1n) is 10.8. The summed E-state index contributed by atoms with van der Waals surface area (Å²) < 4.78 is 21.2. The first kappa shape index (κ1) is 27.7. The van der Waals surface area contributed by atoms with Gasteiger partial charge in [0.15, 0.2) is 0 Å². The molecule has 0 heterocycles. The van der Waals surface area contributed by atoms with E-state index >= 15 is 0 Å². The average molecular weight is 455 g/mol. The fourth-order valence-corrected chi connectivity index (χ4v) is 2.71. The molecule has 0 aromatic heterocycles. The highest BCUT2D eigenvalue weighted by Gasteiger charge is 2.19. The lowest BCUT2D eigenvalue weighted by Gasteiger charge is -2.22. The van der Waals surface area contributed by atoms with E-state index in [9.17, 15) is 19.8 Å². The number of benzene rings is 1. The highest BCUT2D eigenvalue weighted by Crippen LogP contribution is 2.23. The summed E-state index contributed by atoms with van der Waals surface area (Å²) in [6.45, 7) is 11.2. The number of carbonyl (C=O) groups is 2. The van der Waals surface area contributed by atoms with E-state index in [1.165, 1.54) is 0 Å². The lowest BCUT2D eigenvalue weighted by Crippen LogP contribution is -2.26. The van der Waals surface area contributed by atoms with Gasteiger partial charge >= 0.3 is 11.9 Å². The summed E-state index contributed by atoms with van der Waals surface area (Å²) in [7, 11) is 0. The summed E-state index contributed by atoms with van der Waals surface area (Å²) in [5.41, 5.74) is -0.605. The normalized spacial score (nSPS) is 13.8. The largest absolute Gasteiger partial charge is 0.491 e. The summed E-state index contributed by atoms with van der Waals surface area (Å²) in [5, 5.41) is 20.0. The van der Waals surface area contributed by atoms with Gasteiger partial charge in [0.1, 0.15) is 43.0 Å². The van der Waals surface area contributed by atoms with Crippen molar-refractivity contribution in [1.29, 1.82) is 0 Å². The van der Waals surface area contributed by atoms with E-state index in [-0.39, 0.29) is 38.1 Å². The molecule has 0 aliphatic rings. The molecule has 32 heavy (non-hydrogen) atoms. The Labute approximate surface area is 190 Å². The molecular formula is C24H38O8. The van der Waals surface area contributed by atoms with Gasteiger partial charge in [0.2, 0.25) is 0 Å². The van der Waals surface area contributed by atoms with Crippen LogP contribution < -0.4 is 9.47 Å². The maximum atomic E-state index is 11.7. The molecule has 182 valence electrons. The molecule has 1 aromatic rings. The van der Waals surface area contributed by atoms with Crippen molar-refractivity contribution in [3.8, 4) is 11.5 Å². The van der Waals surface area contributed by atoms with Crippen LogP contribution >= 0.6 is 0 Å². The minimum absolute atomic E-state index is 0.00304. The van der Waals surface area contributed by atoms with E-state index in [4.69, 9.17) is 18.9 Å². The maximum Gasteiger partial charge on any atom is 0.306 e. The third-order valence-electron chi connectivity index (χ3n) is 3.93. The van der Waals surface area contributed by atoms with Gasteiger partial charge in [-0.3, -0.25) is 9.59 Å². The number of rotatable bonds is 12. The van der Waals surface area contributed by atoms with Crippen molar-refractivity contribution in [1.82, 2.24) is 0 Å². The van der Waals surface area contributed by atoms with Crippen molar-refractivity contribution < 1.29 is 38.7 Å². The Balaban J connectivity index is 2.32. The topological polar surface area (TPSA) is 112 Å². The van der Waals surface area contributed by atoms with Gasteiger partial charge in [-0.05, 0) is 44.7 Å². The first-order valence-corrected chi connectivity index (χ1v) is 10.8. The molecule has 1 rings (SSSR count). The van der Waals surface area contributed by atoms with Gasteiger partial charge in [-0.25, -0.2) is 0 Å². The second-order valence-corrected chi connectivity index (χ2v) is 9.94. The minimum Gasteiger partial charge on any atom is -0.491 e. The van der Waals surface area contributed by atoms with Crippen LogP contribution in [0.4, 0.5) is 0 Å². The van der Waals surface area contributed by atoms with E-state index in [0.717, 1.165) is 0 Å². The van der Waals surface area contributed by atoms with Gasteiger partial charge in [-0.15, -0.1) is 0 Å². The van der Waals surface area contributed by atoms with E-state index in [2.05, 4.69) is 0 Å². The van der Waals surface area contributed by atoms with Gasteiger partial charge < -0.3 is 29.2 Å². The molecule has 1 aromatic carbocycles. The van der Waals surface area contributed by atoms with Gasteiger partial charge in [-0.1, -0.05) is 26.8 Å². The van der Waals surface area contributed by atoms with Crippen molar-refractivity contribution in [2.45, 2.75) is 78.6 Å². The molecule has 2 unspecified atom stereocenters. The third-order valence-corrected chi connectivity index (χ3v) is 3.93. The van der Waals surface area contributed by atoms with E-state index in [0.29, 0.717) is 17.9 Å².